The summed E-state index contributed by atoms with van der Waals surface area (Å²) in [6.45, 7) is 0. The summed E-state index contributed by atoms with van der Waals surface area (Å²) in [6, 6.07) is 1.19. The number of thiazole rings is 1. The van der Waals surface area contributed by atoms with Gasteiger partial charge >= 0.3 is 0 Å². The normalized spacial score (nSPS) is 16.0. The van der Waals surface area contributed by atoms with Gasteiger partial charge in [-0.15, -0.1) is 11.3 Å². The van der Waals surface area contributed by atoms with Crippen LogP contribution in [0, 0.1) is 0 Å². The molecule has 2 heterocycles. The van der Waals surface area contributed by atoms with Crippen LogP contribution in [0.15, 0.2) is 10.9 Å². The van der Waals surface area contributed by atoms with E-state index in [9.17, 15) is 9.90 Å². The van der Waals surface area contributed by atoms with Crippen molar-refractivity contribution in [3.63, 3.8) is 0 Å². The van der Waals surface area contributed by atoms with Gasteiger partial charge in [0, 0.05) is 10.6 Å². The van der Waals surface area contributed by atoms with Crippen LogP contribution in [-0.4, -0.2) is 14.5 Å². The quantitative estimate of drug-likeness (QED) is 0.709. The minimum atomic E-state index is -0.179. The molecule has 5 heteroatoms. The fourth-order valence-electron chi connectivity index (χ4n) is 2.26. The number of aromatic hydroxyl groups is 1. The second-order valence-corrected chi connectivity index (χ2v) is 5.17. The van der Waals surface area contributed by atoms with Crippen LogP contribution in [0.25, 0.3) is 4.96 Å². The molecule has 0 amide bonds. The van der Waals surface area contributed by atoms with Crippen LogP contribution in [0.1, 0.15) is 29.8 Å². The summed E-state index contributed by atoms with van der Waals surface area (Å²) in [5.74, 6) is -0.179. The van der Waals surface area contributed by atoms with E-state index in [1.165, 1.54) is 35.1 Å². The maximum absolute atomic E-state index is 11.8. The Morgan fingerprint density at radius 3 is 3.00 bits per heavy atom. The van der Waals surface area contributed by atoms with E-state index in [0.717, 1.165) is 25.0 Å². The van der Waals surface area contributed by atoms with E-state index < -0.39 is 0 Å². The lowest BCUT2D eigenvalue weighted by Crippen LogP contribution is -2.14. The van der Waals surface area contributed by atoms with Crippen LogP contribution < -0.4 is 5.56 Å². The second-order valence-electron chi connectivity index (χ2n) is 4.10. The first kappa shape index (κ1) is 9.84. The molecule has 0 unspecified atom stereocenters. The van der Waals surface area contributed by atoms with Crippen LogP contribution in [0.5, 0.6) is 5.88 Å². The van der Waals surface area contributed by atoms with Crippen LogP contribution in [0.4, 0.5) is 0 Å². The Kier molecular flexibility index (Phi) is 2.21. The molecule has 0 radical (unpaired) electrons. The summed E-state index contributed by atoms with van der Waals surface area (Å²) in [6.07, 6.45) is 5.51. The zero-order valence-electron chi connectivity index (χ0n) is 8.77. The van der Waals surface area contributed by atoms with Gasteiger partial charge in [0.2, 0.25) is 5.88 Å². The molecule has 84 valence electrons. The molecule has 0 aromatic carbocycles. The lowest BCUT2D eigenvalue weighted by molar-refractivity contribution is 0.453. The molecule has 4 nitrogen and oxygen atoms in total. The average molecular weight is 236 g/mol. The number of fused-ring (bicyclic) bond motifs is 3. The fourth-order valence-corrected chi connectivity index (χ4v) is 3.47. The largest absolute Gasteiger partial charge is 0.493 e. The van der Waals surface area contributed by atoms with Gasteiger partial charge in [0.25, 0.3) is 5.56 Å². The van der Waals surface area contributed by atoms with Gasteiger partial charge in [0.05, 0.1) is 6.07 Å². The minimum absolute atomic E-state index is 0.165. The fraction of sp³-hybridized carbons (Fsp3) is 0.455. The van der Waals surface area contributed by atoms with Crippen molar-refractivity contribution in [3.8, 4) is 5.88 Å². The van der Waals surface area contributed by atoms with Crippen molar-refractivity contribution in [2.75, 3.05) is 0 Å². The third kappa shape index (κ3) is 1.43. The molecule has 16 heavy (non-hydrogen) atoms. The highest BCUT2D eigenvalue weighted by Crippen LogP contribution is 2.27. The summed E-state index contributed by atoms with van der Waals surface area (Å²) < 4.78 is 1.66. The first-order valence-corrected chi connectivity index (χ1v) is 6.30. The molecule has 0 saturated heterocycles. The van der Waals surface area contributed by atoms with Crippen LogP contribution in [0.2, 0.25) is 0 Å². The molecule has 0 fully saturated rings. The Morgan fingerprint density at radius 1 is 1.31 bits per heavy atom. The second kappa shape index (κ2) is 3.59. The molecule has 0 atom stereocenters. The number of nitrogens with zero attached hydrogens (tertiary/aromatic N) is 2. The summed E-state index contributed by atoms with van der Waals surface area (Å²) >= 11 is 1.53. The molecule has 0 bridgehead atoms. The van der Waals surface area contributed by atoms with E-state index in [1.54, 1.807) is 4.40 Å². The molecule has 0 aliphatic heterocycles. The maximum Gasteiger partial charge on any atom is 0.262 e. The SMILES string of the molecule is O=c1cc(O)nc2sc3c(n12)CCCCC3. The molecule has 0 saturated carbocycles. The van der Waals surface area contributed by atoms with E-state index in [4.69, 9.17) is 0 Å². The molecule has 3 rings (SSSR count). The molecule has 1 aliphatic rings. The van der Waals surface area contributed by atoms with Crippen LogP contribution in [-0.2, 0) is 12.8 Å². The van der Waals surface area contributed by atoms with E-state index in [2.05, 4.69) is 4.98 Å². The van der Waals surface area contributed by atoms with Crippen molar-refractivity contribution < 1.29 is 5.11 Å². The monoisotopic (exact) mass is 236 g/mol. The summed E-state index contributed by atoms with van der Waals surface area (Å²) in [5.41, 5.74) is 0.942. The third-order valence-corrected chi connectivity index (χ3v) is 4.14. The van der Waals surface area contributed by atoms with Gasteiger partial charge < -0.3 is 5.11 Å². The average Bonchev–Trinajstić information content (AvgIpc) is 2.42. The zero-order valence-corrected chi connectivity index (χ0v) is 9.59. The van der Waals surface area contributed by atoms with Crippen molar-refractivity contribution in [1.82, 2.24) is 9.38 Å². The van der Waals surface area contributed by atoms with Crippen molar-refractivity contribution in [2.45, 2.75) is 32.1 Å². The molecule has 0 spiro atoms. The van der Waals surface area contributed by atoms with Gasteiger partial charge in [-0.2, -0.15) is 4.98 Å². The Morgan fingerprint density at radius 2 is 2.12 bits per heavy atom. The van der Waals surface area contributed by atoms with E-state index >= 15 is 0 Å². The smallest absolute Gasteiger partial charge is 0.262 e. The predicted octanol–water partition coefficient (Wildman–Crippen LogP) is 1.73. The molecule has 1 aliphatic carbocycles. The van der Waals surface area contributed by atoms with E-state index in [-0.39, 0.29) is 11.4 Å². The van der Waals surface area contributed by atoms with Crippen molar-refractivity contribution in [3.05, 3.63) is 27.0 Å². The highest BCUT2D eigenvalue weighted by Gasteiger charge is 2.17. The van der Waals surface area contributed by atoms with Crippen molar-refractivity contribution >= 4 is 16.3 Å². The molecule has 2 aromatic heterocycles. The van der Waals surface area contributed by atoms with Crippen LogP contribution >= 0.6 is 11.3 Å². The zero-order chi connectivity index (χ0) is 11.1. The first-order valence-electron chi connectivity index (χ1n) is 5.49. The molecule has 2 aromatic rings. The number of hydrogen-bond acceptors (Lipinski definition) is 4. The number of hydrogen-bond donors (Lipinski definition) is 1. The van der Waals surface area contributed by atoms with E-state index in [0.29, 0.717) is 4.96 Å². The number of rotatable bonds is 0. The van der Waals surface area contributed by atoms with Gasteiger partial charge in [0.15, 0.2) is 4.96 Å². The molecular formula is C11H12N2O2S. The summed E-state index contributed by atoms with van der Waals surface area (Å²) in [5, 5.41) is 9.31. The summed E-state index contributed by atoms with van der Waals surface area (Å²) in [7, 11) is 0. The first-order chi connectivity index (χ1) is 7.75. The van der Waals surface area contributed by atoms with Gasteiger partial charge in [-0.25, -0.2) is 0 Å². The van der Waals surface area contributed by atoms with Crippen molar-refractivity contribution in [1.29, 1.82) is 0 Å². The molecular weight excluding hydrogens is 224 g/mol. The third-order valence-electron chi connectivity index (χ3n) is 3.00. The lowest BCUT2D eigenvalue weighted by Gasteiger charge is -1.99. The molecule has 1 N–H and O–H groups in total. The topological polar surface area (TPSA) is 54.6 Å². The minimum Gasteiger partial charge on any atom is -0.493 e. The number of aryl methyl sites for hydroxylation is 2. The standard InChI is InChI=1S/C11H12N2O2S/c14-9-6-10(15)13-7-4-2-1-3-5-8(7)16-11(13)12-9/h6,14H,1-5H2. The van der Waals surface area contributed by atoms with Crippen LogP contribution in [0.3, 0.4) is 0 Å². The maximum atomic E-state index is 11.8. The van der Waals surface area contributed by atoms with Crippen molar-refractivity contribution in [2.24, 2.45) is 0 Å². The van der Waals surface area contributed by atoms with Gasteiger partial charge in [-0.05, 0) is 25.7 Å². The Balaban J connectivity index is 2.34. The number of aromatic nitrogens is 2. The Bertz CT molecular complexity index is 600. The highest BCUT2D eigenvalue weighted by molar-refractivity contribution is 7.17. The van der Waals surface area contributed by atoms with Gasteiger partial charge in [-0.3, -0.25) is 9.20 Å². The predicted molar refractivity (Wildman–Crippen MR) is 62.3 cm³/mol. The lowest BCUT2D eigenvalue weighted by atomic mass is 10.2. The van der Waals surface area contributed by atoms with Gasteiger partial charge in [0.1, 0.15) is 0 Å². The summed E-state index contributed by atoms with van der Waals surface area (Å²) in [4.78, 5) is 17.7. The van der Waals surface area contributed by atoms with Gasteiger partial charge in [-0.1, -0.05) is 6.42 Å². The van der Waals surface area contributed by atoms with E-state index in [1.807, 2.05) is 0 Å². The highest BCUT2D eigenvalue weighted by atomic mass is 32.1. The Hall–Kier alpha value is -1.36. The Labute approximate surface area is 96.2 Å².